The Morgan fingerprint density at radius 2 is 1.78 bits per heavy atom. The Morgan fingerprint density at radius 1 is 1.09 bits per heavy atom. The Kier molecular flexibility index (Phi) is 4.41. The molecule has 0 aliphatic heterocycles. The lowest BCUT2D eigenvalue weighted by atomic mass is 9.53. The first kappa shape index (κ1) is 16.7. The summed E-state index contributed by atoms with van der Waals surface area (Å²) in [6.07, 6.45) is 6.77. The van der Waals surface area contributed by atoms with Gasteiger partial charge in [-0.15, -0.1) is 0 Å². The van der Waals surface area contributed by atoms with Gasteiger partial charge in [-0.05, 0) is 62.7 Å². The molecule has 0 N–H and O–H groups in total. The molecule has 1 saturated carbocycles. The number of hydrogen-bond acceptors (Lipinski definition) is 2. The average Bonchev–Trinajstić information content (AvgIpc) is 2.44. The first-order valence-corrected chi connectivity index (χ1v) is 9.33. The van der Waals surface area contributed by atoms with Crippen molar-refractivity contribution >= 4 is 0 Å². The van der Waals surface area contributed by atoms with Crippen LogP contribution in [0.15, 0.2) is 22.8 Å². The summed E-state index contributed by atoms with van der Waals surface area (Å²) in [4.78, 5) is 11.8. The molecular weight excluding hydrogens is 286 g/mol. The minimum atomic E-state index is -0.362. The smallest absolute Gasteiger partial charge is 0.220 e. The van der Waals surface area contributed by atoms with E-state index in [4.69, 9.17) is 0 Å². The summed E-state index contributed by atoms with van der Waals surface area (Å²) in [5, 5.41) is 11.7. The molecule has 128 valence electrons. The Bertz CT molecular complexity index is 558. The van der Waals surface area contributed by atoms with Gasteiger partial charge in [-0.1, -0.05) is 43.6 Å². The molecule has 0 unspecified atom stereocenters. The van der Waals surface area contributed by atoms with Gasteiger partial charge in [0.05, 0.1) is 5.92 Å². The third-order valence-electron chi connectivity index (χ3n) is 6.70. The lowest BCUT2D eigenvalue weighted by Gasteiger charge is -2.51. The normalized spacial score (nSPS) is 42.9. The zero-order chi connectivity index (χ0) is 16.9. The van der Waals surface area contributed by atoms with Gasteiger partial charge in [-0.25, -0.2) is 0 Å². The molecule has 0 saturated heterocycles. The highest BCUT2D eigenvalue weighted by Gasteiger charge is 2.52. The molecule has 7 atom stereocenters. The molecule has 0 aromatic heterocycles. The van der Waals surface area contributed by atoms with E-state index in [1.165, 1.54) is 24.0 Å². The quantitative estimate of drug-likeness (QED) is 0.396. The molecule has 1 fully saturated rings. The van der Waals surface area contributed by atoms with Gasteiger partial charge >= 0.3 is 0 Å². The Balaban J connectivity index is 2.14. The van der Waals surface area contributed by atoms with Crippen LogP contribution in [-0.2, 0) is 0 Å². The Hall–Kier alpha value is -1.12. The summed E-state index contributed by atoms with van der Waals surface area (Å²) < 4.78 is 0. The minimum absolute atomic E-state index is 0.0268. The van der Waals surface area contributed by atoms with E-state index < -0.39 is 0 Å². The van der Waals surface area contributed by atoms with Crippen LogP contribution >= 0.6 is 0 Å². The standard InChI is InChI=1S/C20H31NO2/c1-11(2)8-15-9-13(4)16-7-6-12(3)19-17(21(22)23)10-14(5)18(15)20(16)19/h8,12-17,19H,6-7,9-10H2,1-5H3/t12-,13-,14-,15+,16+,17-,19-/m1/s1. The second-order valence-corrected chi connectivity index (χ2v) is 8.65. The molecule has 0 amide bonds. The summed E-state index contributed by atoms with van der Waals surface area (Å²) in [5.74, 6) is 2.76. The van der Waals surface area contributed by atoms with Gasteiger partial charge in [0.1, 0.15) is 0 Å². The predicted octanol–water partition coefficient (Wildman–Crippen LogP) is 5.25. The van der Waals surface area contributed by atoms with Gasteiger partial charge in [0, 0.05) is 11.3 Å². The fraction of sp³-hybridized carbons (Fsp3) is 0.800. The van der Waals surface area contributed by atoms with Gasteiger partial charge in [-0.3, -0.25) is 10.1 Å². The van der Waals surface area contributed by atoms with E-state index in [0.29, 0.717) is 29.6 Å². The maximum Gasteiger partial charge on any atom is 0.220 e. The number of nitrogens with zero attached hydrogens (tertiary/aromatic N) is 1. The van der Waals surface area contributed by atoms with E-state index in [-0.39, 0.29) is 16.9 Å². The van der Waals surface area contributed by atoms with Crippen LogP contribution in [0, 0.1) is 45.6 Å². The van der Waals surface area contributed by atoms with Crippen LogP contribution in [0.25, 0.3) is 0 Å². The van der Waals surface area contributed by atoms with Gasteiger partial charge in [-0.2, -0.15) is 0 Å². The van der Waals surface area contributed by atoms with Gasteiger partial charge in [0.15, 0.2) is 0 Å². The fourth-order valence-electron chi connectivity index (χ4n) is 5.88. The predicted molar refractivity (Wildman–Crippen MR) is 93.7 cm³/mol. The monoisotopic (exact) mass is 317 g/mol. The van der Waals surface area contributed by atoms with Crippen molar-refractivity contribution < 1.29 is 4.92 Å². The van der Waals surface area contributed by atoms with E-state index in [2.05, 4.69) is 40.7 Å². The van der Waals surface area contributed by atoms with Gasteiger partial charge in [0.2, 0.25) is 6.04 Å². The van der Waals surface area contributed by atoms with Crippen molar-refractivity contribution in [3.8, 4) is 0 Å². The molecule has 0 bridgehead atoms. The highest BCUT2D eigenvalue weighted by Crippen LogP contribution is 2.56. The lowest BCUT2D eigenvalue weighted by Crippen LogP contribution is -2.48. The minimum Gasteiger partial charge on any atom is -0.264 e. The molecule has 3 aliphatic rings. The van der Waals surface area contributed by atoms with E-state index in [9.17, 15) is 10.1 Å². The fourth-order valence-corrected chi connectivity index (χ4v) is 5.88. The third kappa shape index (κ3) is 2.77. The molecule has 3 rings (SSSR count). The van der Waals surface area contributed by atoms with Crippen molar-refractivity contribution in [2.75, 3.05) is 0 Å². The molecular formula is C20H31NO2. The highest BCUT2D eigenvalue weighted by atomic mass is 16.6. The van der Waals surface area contributed by atoms with Crippen molar-refractivity contribution in [3.63, 3.8) is 0 Å². The Labute approximate surface area is 140 Å². The molecule has 0 heterocycles. The van der Waals surface area contributed by atoms with Crippen LogP contribution in [0.4, 0.5) is 0 Å². The highest BCUT2D eigenvalue weighted by molar-refractivity contribution is 5.36. The SMILES string of the molecule is CC(C)=C[C@H]1C[C@@H](C)[C@@H]2CC[C@@H](C)[C@H]3C2=C1[C@H](C)C[C@H]3[N+](=O)[O-]. The maximum absolute atomic E-state index is 11.7. The molecule has 0 aromatic rings. The second-order valence-electron chi connectivity index (χ2n) is 8.65. The zero-order valence-electron chi connectivity index (χ0n) is 15.2. The Morgan fingerprint density at radius 3 is 2.39 bits per heavy atom. The molecule has 0 aromatic carbocycles. The summed E-state index contributed by atoms with van der Waals surface area (Å²) >= 11 is 0. The molecule has 3 nitrogen and oxygen atoms in total. The summed E-state index contributed by atoms with van der Waals surface area (Å²) in [6.45, 7) is 11.2. The number of nitro groups is 1. The third-order valence-corrected chi connectivity index (χ3v) is 6.70. The van der Waals surface area contributed by atoms with Crippen molar-refractivity contribution in [1.29, 1.82) is 0 Å². The number of rotatable bonds is 2. The van der Waals surface area contributed by atoms with Crippen molar-refractivity contribution in [2.45, 2.75) is 66.3 Å². The van der Waals surface area contributed by atoms with E-state index in [0.717, 1.165) is 12.8 Å². The largest absolute Gasteiger partial charge is 0.264 e. The molecule has 0 spiro atoms. The van der Waals surface area contributed by atoms with Crippen LogP contribution in [0.5, 0.6) is 0 Å². The van der Waals surface area contributed by atoms with Crippen LogP contribution in [0.1, 0.15) is 60.3 Å². The van der Waals surface area contributed by atoms with E-state index >= 15 is 0 Å². The van der Waals surface area contributed by atoms with Crippen LogP contribution in [0.2, 0.25) is 0 Å². The van der Waals surface area contributed by atoms with Gasteiger partial charge in [0.25, 0.3) is 0 Å². The van der Waals surface area contributed by atoms with Gasteiger partial charge < -0.3 is 0 Å². The van der Waals surface area contributed by atoms with Crippen LogP contribution < -0.4 is 0 Å². The van der Waals surface area contributed by atoms with Crippen molar-refractivity contribution in [2.24, 2.45) is 35.5 Å². The summed E-state index contributed by atoms with van der Waals surface area (Å²) in [7, 11) is 0. The number of allylic oxidation sites excluding steroid dienone is 3. The van der Waals surface area contributed by atoms with Crippen LogP contribution in [-0.4, -0.2) is 11.0 Å². The molecule has 3 aliphatic carbocycles. The molecule has 0 radical (unpaired) electrons. The molecule has 23 heavy (non-hydrogen) atoms. The average molecular weight is 317 g/mol. The summed E-state index contributed by atoms with van der Waals surface area (Å²) in [5.41, 5.74) is 4.48. The second kappa shape index (κ2) is 6.07. The maximum atomic E-state index is 11.7. The zero-order valence-corrected chi connectivity index (χ0v) is 15.2. The van der Waals surface area contributed by atoms with Crippen molar-refractivity contribution in [3.05, 3.63) is 32.9 Å². The van der Waals surface area contributed by atoms with Crippen molar-refractivity contribution in [1.82, 2.24) is 0 Å². The van der Waals surface area contributed by atoms with E-state index in [1.807, 2.05) is 0 Å². The lowest BCUT2D eigenvalue weighted by molar-refractivity contribution is -0.536. The molecule has 3 heteroatoms. The van der Waals surface area contributed by atoms with Crippen LogP contribution in [0.3, 0.4) is 0 Å². The van der Waals surface area contributed by atoms with E-state index in [1.54, 1.807) is 5.57 Å². The summed E-state index contributed by atoms with van der Waals surface area (Å²) in [6, 6.07) is -0.362. The first-order chi connectivity index (χ1) is 10.8. The number of hydrogen-bond donors (Lipinski definition) is 0. The first-order valence-electron chi connectivity index (χ1n) is 9.33. The topological polar surface area (TPSA) is 43.1 Å².